The Balaban J connectivity index is 1.99. The second-order valence-electron chi connectivity index (χ2n) is 5.98. The molecule has 6 heteroatoms. The number of aryl methyl sites for hydroxylation is 2. The molecule has 1 N–H and O–H groups in total. The van der Waals surface area contributed by atoms with E-state index in [2.05, 4.69) is 47.7 Å². The van der Waals surface area contributed by atoms with Crippen molar-refractivity contribution < 1.29 is 4.74 Å². The molecule has 2 aromatic rings. The molecule has 21 heavy (non-hydrogen) atoms. The van der Waals surface area contributed by atoms with E-state index >= 15 is 0 Å². The monoisotopic (exact) mass is 289 g/mol. The quantitative estimate of drug-likeness (QED) is 0.878. The Morgan fingerprint density at radius 2 is 2.00 bits per heavy atom. The molecule has 114 valence electrons. The van der Waals surface area contributed by atoms with Crippen LogP contribution in [0.5, 0.6) is 5.75 Å². The highest BCUT2D eigenvalue weighted by molar-refractivity contribution is 5.33. The maximum absolute atomic E-state index is 5.36. The van der Waals surface area contributed by atoms with E-state index in [1.165, 1.54) is 0 Å². The molecule has 0 amide bonds. The zero-order chi connectivity index (χ0) is 15.3. The lowest BCUT2D eigenvalue weighted by atomic mass is 10.1. The van der Waals surface area contributed by atoms with E-state index in [1.807, 2.05) is 22.9 Å². The molecule has 0 fully saturated rings. The van der Waals surface area contributed by atoms with E-state index in [4.69, 9.17) is 4.74 Å². The third-order valence-electron chi connectivity index (χ3n) is 3.17. The molecule has 2 rings (SSSR count). The number of rotatable bonds is 6. The minimum Gasteiger partial charge on any atom is -0.496 e. The molecule has 1 heterocycles. The zero-order valence-electron chi connectivity index (χ0n) is 13.1. The van der Waals surface area contributed by atoms with Crippen LogP contribution in [0, 0.1) is 0 Å². The molecule has 0 spiro atoms. The van der Waals surface area contributed by atoms with Crippen LogP contribution in [0.4, 0.5) is 0 Å². The van der Waals surface area contributed by atoms with Gasteiger partial charge in [0.15, 0.2) is 5.82 Å². The summed E-state index contributed by atoms with van der Waals surface area (Å²) in [5.41, 5.74) is 1.20. The highest BCUT2D eigenvalue weighted by Crippen LogP contribution is 2.18. The molecular formula is C15H23N5O. The molecule has 1 aromatic heterocycles. The number of para-hydroxylation sites is 1. The van der Waals surface area contributed by atoms with Crippen LogP contribution in [-0.2, 0) is 19.5 Å². The van der Waals surface area contributed by atoms with Crippen LogP contribution < -0.4 is 10.1 Å². The predicted octanol–water partition coefficient (Wildman–Crippen LogP) is 1.81. The minimum atomic E-state index is 0.0411. The summed E-state index contributed by atoms with van der Waals surface area (Å²) in [6.45, 7) is 7.75. The van der Waals surface area contributed by atoms with Crippen molar-refractivity contribution in [1.82, 2.24) is 25.5 Å². The van der Waals surface area contributed by atoms with E-state index in [0.717, 1.165) is 30.1 Å². The van der Waals surface area contributed by atoms with Gasteiger partial charge in [-0.3, -0.25) is 0 Å². The smallest absolute Gasteiger partial charge is 0.165 e. The van der Waals surface area contributed by atoms with Crippen LogP contribution in [0.2, 0.25) is 0 Å². The fraction of sp³-hybridized carbons (Fsp3) is 0.533. The van der Waals surface area contributed by atoms with Gasteiger partial charge in [0.1, 0.15) is 5.75 Å². The molecule has 0 radical (unpaired) electrons. The summed E-state index contributed by atoms with van der Waals surface area (Å²) in [5.74, 6) is 1.75. The molecule has 0 saturated heterocycles. The average Bonchev–Trinajstić information content (AvgIpc) is 2.90. The average molecular weight is 289 g/mol. The normalized spacial score (nSPS) is 11.6. The molecule has 0 bridgehead atoms. The van der Waals surface area contributed by atoms with Crippen molar-refractivity contribution in [2.75, 3.05) is 7.11 Å². The van der Waals surface area contributed by atoms with Gasteiger partial charge in [-0.05, 0) is 49.2 Å². The molecule has 0 aliphatic heterocycles. The third kappa shape index (κ3) is 4.53. The van der Waals surface area contributed by atoms with E-state index in [-0.39, 0.29) is 5.54 Å². The van der Waals surface area contributed by atoms with Gasteiger partial charge in [-0.15, -0.1) is 5.10 Å². The van der Waals surface area contributed by atoms with Crippen molar-refractivity contribution in [3.8, 4) is 5.75 Å². The number of nitrogens with one attached hydrogen (secondary N) is 1. The highest BCUT2D eigenvalue weighted by Gasteiger charge is 2.13. The van der Waals surface area contributed by atoms with Gasteiger partial charge in [0.25, 0.3) is 0 Å². The van der Waals surface area contributed by atoms with Crippen molar-refractivity contribution in [1.29, 1.82) is 0 Å². The van der Waals surface area contributed by atoms with Gasteiger partial charge in [0.05, 0.1) is 13.7 Å². The maximum Gasteiger partial charge on any atom is 0.165 e. The summed E-state index contributed by atoms with van der Waals surface area (Å²) in [7, 11) is 1.69. The molecule has 0 saturated carbocycles. The third-order valence-corrected chi connectivity index (χ3v) is 3.17. The largest absolute Gasteiger partial charge is 0.496 e. The standard InChI is InChI=1S/C15H23N5O/c1-15(2,3)16-11-14-17-18-19-20(14)10-9-12-7-5-6-8-13(12)21-4/h5-8,16H,9-11H2,1-4H3. The predicted molar refractivity (Wildman–Crippen MR) is 81.1 cm³/mol. The number of nitrogens with zero attached hydrogens (tertiary/aromatic N) is 4. The molecule has 0 unspecified atom stereocenters. The lowest BCUT2D eigenvalue weighted by Crippen LogP contribution is -2.36. The fourth-order valence-electron chi connectivity index (χ4n) is 2.00. The Kier molecular flexibility index (Phi) is 4.90. The summed E-state index contributed by atoms with van der Waals surface area (Å²) in [4.78, 5) is 0. The molecular weight excluding hydrogens is 266 g/mol. The van der Waals surface area contributed by atoms with E-state index in [1.54, 1.807) is 7.11 Å². The topological polar surface area (TPSA) is 64.9 Å². The number of benzene rings is 1. The van der Waals surface area contributed by atoms with E-state index in [0.29, 0.717) is 6.54 Å². The summed E-state index contributed by atoms with van der Waals surface area (Å²) in [6, 6.07) is 8.02. The number of hydrogen-bond acceptors (Lipinski definition) is 5. The molecule has 0 atom stereocenters. The van der Waals surface area contributed by atoms with Crippen molar-refractivity contribution in [3.63, 3.8) is 0 Å². The fourth-order valence-corrected chi connectivity index (χ4v) is 2.00. The Hall–Kier alpha value is -1.95. The lowest BCUT2D eigenvalue weighted by Gasteiger charge is -2.19. The van der Waals surface area contributed by atoms with E-state index in [9.17, 15) is 0 Å². The molecule has 6 nitrogen and oxygen atoms in total. The summed E-state index contributed by atoms with van der Waals surface area (Å²) in [5, 5.41) is 15.3. The van der Waals surface area contributed by atoms with Crippen LogP contribution in [0.3, 0.4) is 0 Å². The highest BCUT2D eigenvalue weighted by atomic mass is 16.5. The molecule has 0 aliphatic rings. The zero-order valence-corrected chi connectivity index (χ0v) is 13.1. The Labute approximate surface area is 125 Å². The van der Waals surface area contributed by atoms with Crippen molar-refractivity contribution in [2.45, 2.75) is 45.8 Å². The van der Waals surface area contributed by atoms with Gasteiger partial charge >= 0.3 is 0 Å². The SMILES string of the molecule is COc1ccccc1CCn1nnnc1CNC(C)(C)C. The second-order valence-corrected chi connectivity index (χ2v) is 5.98. The van der Waals surface area contributed by atoms with Gasteiger partial charge in [-0.1, -0.05) is 18.2 Å². The van der Waals surface area contributed by atoms with Crippen molar-refractivity contribution in [2.24, 2.45) is 0 Å². The van der Waals surface area contributed by atoms with Crippen molar-refractivity contribution >= 4 is 0 Å². The number of ether oxygens (including phenoxy) is 1. The number of hydrogen-bond donors (Lipinski definition) is 1. The molecule has 0 aliphatic carbocycles. The number of methoxy groups -OCH3 is 1. The Morgan fingerprint density at radius 1 is 1.24 bits per heavy atom. The second kappa shape index (κ2) is 6.67. The first-order valence-electron chi connectivity index (χ1n) is 7.11. The Morgan fingerprint density at radius 3 is 2.71 bits per heavy atom. The maximum atomic E-state index is 5.36. The van der Waals surface area contributed by atoms with Gasteiger partial charge in [-0.25, -0.2) is 4.68 Å². The first kappa shape index (κ1) is 15.4. The van der Waals surface area contributed by atoms with Crippen LogP contribution in [0.15, 0.2) is 24.3 Å². The van der Waals surface area contributed by atoms with Gasteiger partial charge in [-0.2, -0.15) is 0 Å². The van der Waals surface area contributed by atoms with Gasteiger partial charge < -0.3 is 10.1 Å². The van der Waals surface area contributed by atoms with Gasteiger partial charge in [0, 0.05) is 12.1 Å². The van der Waals surface area contributed by atoms with Crippen LogP contribution >= 0.6 is 0 Å². The van der Waals surface area contributed by atoms with Crippen LogP contribution in [0.1, 0.15) is 32.2 Å². The summed E-state index contributed by atoms with van der Waals surface area (Å²) in [6.07, 6.45) is 0.831. The Bertz CT molecular complexity index is 573. The number of aromatic nitrogens is 4. The summed E-state index contributed by atoms with van der Waals surface area (Å²) < 4.78 is 7.20. The van der Waals surface area contributed by atoms with Gasteiger partial charge in [0.2, 0.25) is 0 Å². The van der Waals surface area contributed by atoms with Crippen molar-refractivity contribution in [3.05, 3.63) is 35.7 Å². The number of tetrazole rings is 1. The first-order chi connectivity index (χ1) is 9.99. The summed E-state index contributed by atoms with van der Waals surface area (Å²) >= 11 is 0. The minimum absolute atomic E-state index is 0.0411. The van der Waals surface area contributed by atoms with Crippen LogP contribution in [-0.4, -0.2) is 32.9 Å². The molecule has 1 aromatic carbocycles. The lowest BCUT2D eigenvalue weighted by molar-refractivity contribution is 0.401. The first-order valence-corrected chi connectivity index (χ1v) is 7.11. The van der Waals surface area contributed by atoms with E-state index < -0.39 is 0 Å². The van der Waals surface area contributed by atoms with Crippen LogP contribution in [0.25, 0.3) is 0 Å².